The van der Waals surface area contributed by atoms with Gasteiger partial charge in [-0.3, -0.25) is 0 Å². The van der Waals surface area contributed by atoms with Gasteiger partial charge in [0.15, 0.2) is 0 Å². The Morgan fingerprint density at radius 2 is 1.73 bits per heavy atom. The summed E-state index contributed by atoms with van der Waals surface area (Å²) in [4.78, 5) is 7.48. The van der Waals surface area contributed by atoms with Crippen LogP contribution in [0.3, 0.4) is 0 Å². The molecule has 0 amide bonds. The highest BCUT2D eigenvalue weighted by molar-refractivity contribution is 5.90. The summed E-state index contributed by atoms with van der Waals surface area (Å²) in [5.74, 6) is -0.620. The molecule has 0 unspecified atom stereocenters. The fourth-order valence-corrected chi connectivity index (χ4v) is 3.15. The molecule has 0 bridgehead atoms. The number of nitrogens with zero attached hydrogens (tertiary/aromatic N) is 1. The number of H-pyrrole nitrogens is 1. The van der Waals surface area contributed by atoms with Crippen molar-refractivity contribution < 1.29 is 13.5 Å². The maximum Gasteiger partial charge on any atom is 0.213 e. The Hall–Kier alpha value is -3.21. The molecule has 0 fully saturated rings. The van der Waals surface area contributed by atoms with E-state index in [0.717, 1.165) is 27.7 Å². The van der Waals surface area contributed by atoms with Crippen LogP contribution < -0.4 is 4.74 Å². The zero-order chi connectivity index (χ0) is 18.3. The van der Waals surface area contributed by atoms with Crippen molar-refractivity contribution in [3.8, 4) is 28.3 Å². The molecule has 2 aromatic heterocycles. The summed E-state index contributed by atoms with van der Waals surface area (Å²) < 4.78 is 33.2. The minimum atomic E-state index is -0.591. The molecule has 0 atom stereocenters. The van der Waals surface area contributed by atoms with Crippen molar-refractivity contribution in [1.82, 2.24) is 9.97 Å². The molecular formula is C21H16F2N2O. The topological polar surface area (TPSA) is 37.9 Å². The standard InChI is InChI=1S/C21H16F2N2O/c1-12-15(7-9-20(24-12)26-2)13-6-8-18-14(10-13)11-19(25-18)21-16(22)4-3-5-17(21)23/h3-11,25H,1-2H3. The number of aromatic nitrogens is 2. The Morgan fingerprint density at radius 3 is 2.42 bits per heavy atom. The first-order valence-electron chi connectivity index (χ1n) is 8.16. The van der Waals surface area contributed by atoms with Crippen LogP contribution in [0.2, 0.25) is 0 Å². The maximum atomic E-state index is 14.1. The average molecular weight is 350 g/mol. The molecule has 0 saturated carbocycles. The number of rotatable bonds is 3. The Labute approximate surface area is 149 Å². The highest BCUT2D eigenvalue weighted by Crippen LogP contribution is 2.32. The van der Waals surface area contributed by atoms with Crippen LogP contribution in [0.15, 0.2) is 54.6 Å². The van der Waals surface area contributed by atoms with Crippen LogP contribution in [0, 0.1) is 18.6 Å². The molecule has 2 heterocycles. The molecule has 2 aromatic carbocycles. The number of nitrogens with one attached hydrogen (secondary N) is 1. The number of aromatic amines is 1. The largest absolute Gasteiger partial charge is 0.481 e. The van der Waals surface area contributed by atoms with Crippen molar-refractivity contribution in [2.45, 2.75) is 6.92 Å². The van der Waals surface area contributed by atoms with Gasteiger partial charge in [-0.05, 0) is 48.9 Å². The first-order valence-corrected chi connectivity index (χ1v) is 8.16. The van der Waals surface area contributed by atoms with E-state index in [9.17, 15) is 8.78 Å². The Balaban J connectivity index is 1.82. The molecule has 0 saturated heterocycles. The van der Waals surface area contributed by atoms with Gasteiger partial charge >= 0.3 is 0 Å². The minimum absolute atomic E-state index is 0.0486. The van der Waals surface area contributed by atoms with E-state index in [1.807, 2.05) is 37.3 Å². The van der Waals surface area contributed by atoms with Gasteiger partial charge in [0.2, 0.25) is 5.88 Å². The number of fused-ring (bicyclic) bond motifs is 1. The van der Waals surface area contributed by atoms with Crippen LogP contribution in [0.4, 0.5) is 8.78 Å². The summed E-state index contributed by atoms with van der Waals surface area (Å²) in [6.45, 7) is 1.92. The summed E-state index contributed by atoms with van der Waals surface area (Å²) in [5, 5.41) is 0.871. The van der Waals surface area contributed by atoms with Crippen LogP contribution in [-0.2, 0) is 0 Å². The quantitative estimate of drug-likeness (QED) is 0.530. The van der Waals surface area contributed by atoms with Gasteiger partial charge < -0.3 is 9.72 Å². The summed E-state index contributed by atoms with van der Waals surface area (Å²) in [7, 11) is 1.58. The zero-order valence-corrected chi connectivity index (χ0v) is 14.3. The monoisotopic (exact) mass is 350 g/mol. The highest BCUT2D eigenvalue weighted by Gasteiger charge is 2.14. The van der Waals surface area contributed by atoms with Crippen LogP contribution in [0.25, 0.3) is 33.3 Å². The fraction of sp³-hybridized carbons (Fsp3) is 0.0952. The second kappa shape index (κ2) is 6.26. The maximum absolute atomic E-state index is 14.1. The van der Waals surface area contributed by atoms with E-state index in [0.29, 0.717) is 11.6 Å². The lowest BCUT2D eigenvalue weighted by Gasteiger charge is -2.07. The van der Waals surface area contributed by atoms with E-state index in [1.165, 1.54) is 18.2 Å². The van der Waals surface area contributed by atoms with Crippen molar-refractivity contribution in [3.63, 3.8) is 0 Å². The molecule has 0 aliphatic rings. The number of hydrogen-bond donors (Lipinski definition) is 1. The number of pyridine rings is 1. The molecule has 4 rings (SSSR count). The Morgan fingerprint density at radius 1 is 0.962 bits per heavy atom. The number of hydrogen-bond acceptors (Lipinski definition) is 2. The predicted octanol–water partition coefficient (Wildman–Crippen LogP) is 5.49. The molecule has 0 aliphatic carbocycles. The summed E-state index contributed by atoms with van der Waals surface area (Å²) in [5.41, 5.74) is 3.98. The molecule has 130 valence electrons. The minimum Gasteiger partial charge on any atom is -0.481 e. The lowest BCUT2D eigenvalue weighted by molar-refractivity contribution is 0.397. The molecular weight excluding hydrogens is 334 g/mol. The first-order chi connectivity index (χ1) is 12.6. The second-order valence-corrected chi connectivity index (χ2v) is 6.07. The molecule has 0 radical (unpaired) electrons. The molecule has 0 spiro atoms. The molecule has 3 nitrogen and oxygen atoms in total. The lowest BCUT2D eigenvalue weighted by atomic mass is 10.0. The van der Waals surface area contributed by atoms with Gasteiger partial charge in [0.25, 0.3) is 0 Å². The van der Waals surface area contributed by atoms with Crippen LogP contribution >= 0.6 is 0 Å². The predicted molar refractivity (Wildman–Crippen MR) is 98.2 cm³/mol. The number of ether oxygens (including phenoxy) is 1. The summed E-state index contributed by atoms with van der Waals surface area (Å²) in [6.07, 6.45) is 0. The SMILES string of the molecule is COc1ccc(-c2ccc3[nH]c(-c4c(F)cccc4F)cc3c2)c(C)n1. The third kappa shape index (κ3) is 2.71. The molecule has 1 N–H and O–H groups in total. The van der Waals surface area contributed by atoms with Gasteiger partial charge in [0, 0.05) is 28.2 Å². The van der Waals surface area contributed by atoms with Gasteiger partial charge in [-0.25, -0.2) is 13.8 Å². The van der Waals surface area contributed by atoms with Crippen molar-refractivity contribution in [3.05, 3.63) is 71.9 Å². The number of methoxy groups -OCH3 is 1. The fourth-order valence-electron chi connectivity index (χ4n) is 3.15. The third-order valence-corrected chi connectivity index (χ3v) is 4.43. The van der Waals surface area contributed by atoms with E-state index in [4.69, 9.17) is 4.74 Å². The van der Waals surface area contributed by atoms with Crippen LogP contribution in [0.1, 0.15) is 5.69 Å². The molecule has 26 heavy (non-hydrogen) atoms. The van der Waals surface area contributed by atoms with Crippen LogP contribution in [-0.4, -0.2) is 17.1 Å². The van der Waals surface area contributed by atoms with E-state index < -0.39 is 11.6 Å². The highest BCUT2D eigenvalue weighted by atomic mass is 19.1. The van der Waals surface area contributed by atoms with Gasteiger partial charge in [-0.15, -0.1) is 0 Å². The van der Waals surface area contributed by atoms with E-state index in [1.54, 1.807) is 13.2 Å². The first kappa shape index (κ1) is 16.3. The van der Waals surface area contributed by atoms with Crippen molar-refractivity contribution in [2.75, 3.05) is 7.11 Å². The van der Waals surface area contributed by atoms with Crippen LogP contribution in [0.5, 0.6) is 5.88 Å². The summed E-state index contributed by atoms with van der Waals surface area (Å²) >= 11 is 0. The Kier molecular flexibility index (Phi) is 3.92. The van der Waals surface area contributed by atoms with Crippen molar-refractivity contribution in [2.24, 2.45) is 0 Å². The van der Waals surface area contributed by atoms with Crippen molar-refractivity contribution >= 4 is 10.9 Å². The number of aryl methyl sites for hydroxylation is 1. The van der Waals surface area contributed by atoms with E-state index in [-0.39, 0.29) is 5.56 Å². The van der Waals surface area contributed by atoms with Gasteiger partial charge in [0.1, 0.15) is 11.6 Å². The normalized spacial score (nSPS) is 11.1. The molecule has 5 heteroatoms. The third-order valence-electron chi connectivity index (χ3n) is 4.43. The van der Waals surface area contributed by atoms with Gasteiger partial charge in [-0.2, -0.15) is 0 Å². The molecule has 0 aliphatic heterocycles. The average Bonchev–Trinajstić information content (AvgIpc) is 3.04. The lowest BCUT2D eigenvalue weighted by Crippen LogP contribution is -1.92. The number of halogens is 2. The number of benzene rings is 2. The van der Waals surface area contributed by atoms with E-state index >= 15 is 0 Å². The van der Waals surface area contributed by atoms with Gasteiger partial charge in [0.05, 0.1) is 18.4 Å². The zero-order valence-electron chi connectivity index (χ0n) is 14.3. The Bertz CT molecular complexity index is 1100. The molecule has 4 aromatic rings. The summed E-state index contributed by atoms with van der Waals surface area (Å²) in [6, 6.07) is 15.2. The second-order valence-electron chi connectivity index (χ2n) is 6.07. The van der Waals surface area contributed by atoms with Gasteiger partial charge in [-0.1, -0.05) is 12.1 Å². The van der Waals surface area contributed by atoms with Crippen molar-refractivity contribution in [1.29, 1.82) is 0 Å². The smallest absolute Gasteiger partial charge is 0.213 e. The van der Waals surface area contributed by atoms with E-state index in [2.05, 4.69) is 9.97 Å².